The Morgan fingerprint density at radius 2 is 1.89 bits per heavy atom. The second kappa shape index (κ2) is 10.8. The molecule has 200 valence electrons. The van der Waals surface area contributed by atoms with Crippen molar-refractivity contribution in [3.8, 4) is 11.5 Å². The second-order valence-corrected chi connectivity index (χ2v) is 10.6. The molecule has 4 aliphatic rings. The van der Waals surface area contributed by atoms with Gasteiger partial charge in [0.25, 0.3) is 0 Å². The van der Waals surface area contributed by atoms with Gasteiger partial charge in [0.2, 0.25) is 11.8 Å². The van der Waals surface area contributed by atoms with Gasteiger partial charge < -0.3 is 29.9 Å². The van der Waals surface area contributed by atoms with Crippen molar-refractivity contribution < 1.29 is 34.1 Å². The minimum atomic E-state index is -1.08. The molecule has 5 rings (SSSR count). The van der Waals surface area contributed by atoms with Crippen LogP contribution in [-0.4, -0.2) is 77.8 Å². The molecular weight excluding hydrogens is 476 g/mol. The Morgan fingerprint density at radius 3 is 2.51 bits per heavy atom. The summed E-state index contributed by atoms with van der Waals surface area (Å²) in [5.74, 6) is -0.309. The summed E-state index contributed by atoms with van der Waals surface area (Å²) >= 11 is 0. The van der Waals surface area contributed by atoms with Crippen LogP contribution >= 0.6 is 0 Å². The van der Waals surface area contributed by atoms with Crippen LogP contribution in [0.25, 0.3) is 0 Å². The van der Waals surface area contributed by atoms with E-state index < -0.39 is 30.1 Å². The van der Waals surface area contributed by atoms with Gasteiger partial charge in [-0.3, -0.25) is 14.4 Å². The van der Waals surface area contributed by atoms with Crippen LogP contribution < -0.4 is 14.8 Å². The van der Waals surface area contributed by atoms with E-state index in [0.29, 0.717) is 34.5 Å². The summed E-state index contributed by atoms with van der Waals surface area (Å²) in [6.45, 7) is -0.150. The lowest BCUT2D eigenvalue weighted by Gasteiger charge is -2.44. The number of aldehydes is 1. The van der Waals surface area contributed by atoms with Crippen molar-refractivity contribution >= 4 is 18.1 Å². The normalized spacial score (nSPS) is 27.2. The molecule has 37 heavy (non-hydrogen) atoms. The second-order valence-electron chi connectivity index (χ2n) is 10.6. The minimum Gasteiger partial charge on any atom is -0.493 e. The van der Waals surface area contributed by atoms with Crippen LogP contribution in [0.15, 0.2) is 23.8 Å². The first-order valence-electron chi connectivity index (χ1n) is 13.4. The lowest BCUT2D eigenvalue weighted by Crippen LogP contribution is -2.58. The van der Waals surface area contributed by atoms with Gasteiger partial charge in [-0.05, 0) is 43.9 Å². The Labute approximate surface area is 216 Å². The molecule has 0 aromatic heterocycles. The van der Waals surface area contributed by atoms with Crippen molar-refractivity contribution in [1.29, 1.82) is 0 Å². The number of nitrogens with zero attached hydrogens (tertiary/aromatic N) is 1. The van der Waals surface area contributed by atoms with E-state index in [-0.39, 0.29) is 31.0 Å². The fourth-order valence-electron chi connectivity index (χ4n) is 6.18. The minimum absolute atomic E-state index is 0.00946. The van der Waals surface area contributed by atoms with Crippen LogP contribution in [0.1, 0.15) is 73.2 Å². The number of nitrogens with one attached hydrogen (secondary N) is 1. The van der Waals surface area contributed by atoms with E-state index in [1.54, 1.807) is 18.2 Å². The predicted octanol–water partition coefficient (Wildman–Crippen LogP) is 2.09. The molecular formula is C28H36N2O7. The summed E-state index contributed by atoms with van der Waals surface area (Å²) in [5.41, 5.74) is 1.32. The fraction of sp³-hybridized carbons (Fsp3) is 0.607. The van der Waals surface area contributed by atoms with Crippen molar-refractivity contribution in [3.63, 3.8) is 0 Å². The number of benzene rings is 1. The summed E-state index contributed by atoms with van der Waals surface area (Å²) in [7, 11) is 1.47. The standard InChI is InChI=1S/C28H36N2O7/c1-36-22-13-16(15-32)12-19-23-20(27(34)29-10-11-31)14-21(24(33)26(23)37-25(19)22)30(28(35)17-8-9-17)18-6-4-2-3-5-7-18/h12-15,17-18,21,23-24,26,31,33H,2-11H2,1H3,(H,29,34). The van der Waals surface area contributed by atoms with Gasteiger partial charge in [-0.1, -0.05) is 25.7 Å². The maximum atomic E-state index is 13.7. The maximum absolute atomic E-state index is 13.7. The number of hydrogen-bond acceptors (Lipinski definition) is 7. The number of fused-ring (bicyclic) bond motifs is 3. The third kappa shape index (κ3) is 4.86. The highest BCUT2D eigenvalue weighted by Crippen LogP contribution is 2.52. The molecule has 4 unspecified atom stereocenters. The fourth-order valence-corrected chi connectivity index (χ4v) is 6.18. The Hall–Kier alpha value is -2.91. The molecule has 0 saturated heterocycles. The molecule has 1 heterocycles. The molecule has 3 aliphatic carbocycles. The SMILES string of the molecule is COc1cc(C=O)cc2c1OC1C2C(C(=O)NCCO)=CC(N(C(=O)C2CC2)C2CCCCCC2)C1O. The number of carbonyl (C=O) groups is 3. The number of rotatable bonds is 8. The van der Waals surface area contributed by atoms with Crippen LogP contribution in [0.2, 0.25) is 0 Å². The molecule has 0 bridgehead atoms. The number of amides is 2. The largest absolute Gasteiger partial charge is 0.493 e. The van der Waals surface area contributed by atoms with E-state index in [9.17, 15) is 24.6 Å². The molecule has 0 radical (unpaired) electrons. The first kappa shape index (κ1) is 25.7. The molecule has 2 saturated carbocycles. The molecule has 0 spiro atoms. The summed E-state index contributed by atoms with van der Waals surface area (Å²) in [5, 5.41) is 23.8. The van der Waals surface area contributed by atoms with E-state index in [2.05, 4.69) is 5.32 Å². The average Bonchev–Trinajstić information content (AvgIpc) is 3.73. The highest BCUT2D eigenvalue weighted by Gasteiger charge is 2.53. The summed E-state index contributed by atoms with van der Waals surface area (Å²) in [6.07, 6.45) is 8.24. The number of methoxy groups -OCH3 is 1. The van der Waals surface area contributed by atoms with Crippen LogP contribution in [0.3, 0.4) is 0 Å². The summed E-state index contributed by atoms with van der Waals surface area (Å²) in [4.78, 5) is 40.5. The molecule has 9 nitrogen and oxygen atoms in total. The number of ether oxygens (including phenoxy) is 2. The van der Waals surface area contributed by atoms with Crippen LogP contribution in [0.5, 0.6) is 11.5 Å². The predicted molar refractivity (Wildman–Crippen MR) is 135 cm³/mol. The van der Waals surface area contributed by atoms with E-state index in [0.717, 1.165) is 51.4 Å². The average molecular weight is 513 g/mol. The topological polar surface area (TPSA) is 125 Å². The Bertz CT molecular complexity index is 1070. The third-order valence-electron chi connectivity index (χ3n) is 8.13. The summed E-state index contributed by atoms with van der Waals surface area (Å²) in [6, 6.07) is 2.49. The van der Waals surface area contributed by atoms with Crippen LogP contribution in [0.4, 0.5) is 0 Å². The molecule has 2 fully saturated rings. The van der Waals surface area contributed by atoms with Gasteiger partial charge in [0, 0.05) is 35.2 Å². The Kier molecular flexibility index (Phi) is 7.53. The van der Waals surface area contributed by atoms with Gasteiger partial charge in [0.1, 0.15) is 18.5 Å². The zero-order valence-electron chi connectivity index (χ0n) is 21.2. The van der Waals surface area contributed by atoms with Crippen molar-refractivity contribution in [3.05, 3.63) is 34.9 Å². The van der Waals surface area contributed by atoms with Gasteiger partial charge in [-0.2, -0.15) is 0 Å². The van der Waals surface area contributed by atoms with Crippen LogP contribution in [0, 0.1) is 5.92 Å². The zero-order chi connectivity index (χ0) is 26.1. The lowest BCUT2D eigenvalue weighted by atomic mass is 9.76. The Morgan fingerprint density at radius 1 is 1.16 bits per heavy atom. The van der Waals surface area contributed by atoms with Crippen molar-refractivity contribution in [2.24, 2.45) is 5.92 Å². The quantitative estimate of drug-likeness (QED) is 0.360. The lowest BCUT2D eigenvalue weighted by molar-refractivity contribution is -0.142. The highest BCUT2D eigenvalue weighted by molar-refractivity contribution is 5.96. The molecule has 1 aromatic carbocycles. The summed E-state index contributed by atoms with van der Waals surface area (Å²) < 4.78 is 11.8. The number of carbonyl (C=O) groups excluding carboxylic acids is 3. The maximum Gasteiger partial charge on any atom is 0.247 e. The van der Waals surface area contributed by atoms with Gasteiger partial charge in [-0.15, -0.1) is 0 Å². The first-order chi connectivity index (χ1) is 18.0. The molecule has 3 N–H and O–H groups in total. The van der Waals surface area contributed by atoms with Crippen molar-refractivity contribution in [2.45, 2.75) is 81.6 Å². The van der Waals surface area contributed by atoms with Crippen molar-refractivity contribution in [2.75, 3.05) is 20.3 Å². The van der Waals surface area contributed by atoms with Gasteiger partial charge in [0.05, 0.1) is 25.7 Å². The molecule has 9 heteroatoms. The molecule has 1 aliphatic heterocycles. The smallest absolute Gasteiger partial charge is 0.247 e. The van der Waals surface area contributed by atoms with E-state index in [1.807, 2.05) is 4.90 Å². The molecule has 2 amide bonds. The highest BCUT2D eigenvalue weighted by atomic mass is 16.5. The van der Waals surface area contributed by atoms with E-state index in [4.69, 9.17) is 9.47 Å². The third-order valence-corrected chi connectivity index (χ3v) is 8.13. The van der Waals surface area contributed by atoms with Gasteiger partial charge in [0.15, 0.2) is 11.5 Å². The number of aliphatic hydroxyl groups excluding tert-OH is 2. The van der Waals surface area contributed by atoms with Gasteiger partial charge in [-0.25, -0.2) is 0 Å². The van der Waals surface area contributed by atoms with E-state index in [1.165, 1.54) is 7.11 Å². The van der Waals surface area contributed by atoms with Crippen LogP contribution in [-0.2, 0) is 9.59 Å². The number of aliphatic hydroxyl groups is 2. The monoisotopic (exact) mass is 512 g/mol. The molecule has 1 aromatic rings. The molecule has 4 atom stereocenters. The Balaban J connectivity index is 1.59. The first-order valence-corrected chi connectivity index (χ1v) is 13.4. The van der Waals surface area contributed by atoms with E-state index >= 15 is 0 Å². The van der Waals surface area contributed by atoms with Crippen molar-refractivity contribution in [1.82, 2.24) is 10.2 Å². The zero-order valence-corrected chi connectivity index (χ0v) is 21.2. The number of hydrogen-bond donors (Lipinski definition) is 3. The van der Waals surface area contributed by atoms with Gasteiger partial charge >= 0.3 is 0 Å².